The largest absolute Gasteiger partial charge is 0.478 e. The molecule has 0 spiro atoms. The molecule has 1 aromatic carbocycles. The van der Waals surface area contributed by atoms with Crippen LogP contribution >= 0.6 is 11.8 Å². The number of aromatic carboxylic acids is 1. The number of rotatable bonds is 5. The van der Waals surface area contributed by atoms with Crippen molar-refractivity contribution in [3.8, 4) is 0 Å². The van der Waals surface area contributed by atoms with Crippen molar-refractivity contribution in [2.24, 2.45) is 0 Å². The Bertz CT molecular complexity index is 421. The Kier molecular flexibility index (Phi) is 4.40. The van der Waals surface area contributed by atoms with Crippen LogP contribution in [0.4, 0.5) is 10.1 Å². The maximum atomic E-state index is 13.4. The van der Waals surface area contributed by atoms with Crippen molar-refractivity contribution in [2.75, 3.05) is 18.1 Å². The van der Waals surface area contributed by atoms with E-state index in [4.69, 9.17) is 5.11 Å². The molecule has 5 heteroatoms. The highest BCUT2D eigenvalue weighted by Gasteiger charge is 2.19. The Morgan fingerprint density at radius 3 is 2.71 bits per heavy atom. The molecule has 0 saturated heterocycles. The minimum Gasteiger partial charge on any atom is -0.478 e. The second-order valence-electron chi connectivity index (χ2n) is 4.28. The van der Waals surface area contributed by atoms with Crippen LogP contribution in [0.5, 0.6) is 0 Å². The number of nitrogens with one attached hydrogen (secondary N) is 1. The van der Waals surface area contributed by atoms with E-state index >= 15 is 0 Å². The quantitative estimate of drug-likeness (QED) is 0.851. The van der Waals surface area contributed by atoms with E-state index in [1.165, 1.54) is 6.07 Å². The molecular formula is C12H16FNO2S. The van der Waals surface area contributed by atoms with Crippen LogP contribution < -0.4 is 5.32 Å². The third-order valence-electron chi connectivity index (χ3n) is 2.48. The van der Waals surface area contributed by atoms with Crippen molar-refractivity contribution in [2.45, 2.75) is 18.6 Å². The van der Waals surface area contributed by atoms with Gasteiger partial charge in [-0.05, 0) is 32.2 Å². The van der Waals surface area contributed by atoms with E-state index in [9.17, 15) is 9.18 Å². The predicted octanol–water partition coefficient (Wildman–Crippen LogP) is 3.08. The summed E-state index contributed by atoms with van der Waals surface area (Å²) in [7, 11) is 0. The summed E-state index contributed by atoms with van der Waals surface area (Å²) in [5.41, 5.74) is 0.0176. The second kappa shape index (κ2) is 5.40. The molecule has 0 unspecified atom stereocenters. The van der Waals surface area contributed by atoms with Gasteiger partial charge in [-0.3, -0.25) is 0 Å². The van der Waals surface area contributed by atoms with Crippen LogP contribution in [0.15, 0.2) is 18.2 Å². The van der Waals surface area contributed by atoms with E-state index in [0.717, 1.165) is 6.07 Å². The molecule has 0 atom stereocenters. The molecule has 3 nitrogen and oxygen atoms in total. The summed E-state index contributed by atoms with van der Waals surface area (Å²) in [6.45, 7) is 4.63. The van der Waals surface area contributed by atoms with Crippen molar-refractivity contribution in [3.05, 3.63) is 29.6 Å². The number of carboxylic acids is 1. The average molecular weight is 257 g/mol. The number of halogens is 1. The summed E-state index contributed by atoms with van der Waals surface area (Å²) >= 11 is 1.66. The van der Waals surface area contributed by atoms with Crippen LogP contribution in [0, 0.1) is 5.82 Å². The highest BCUT2D eigenvalue weighted by atomic mass is 32.2. The van der Waals surface area contributed by atoms with Crippen LogP contribution in [0.25, 0.3) is 0 Å². The first-order valence-electron chi connectivity index (χ1n) is 5.18. The van der Waals surface area contributed by atoms with Gasteiger partial charge in [0, 0.05) is 11.3 Å². The molecule has 0 heterocycles. The zero-order chi connectivity index (χ0) is 13.1. The van der Waals surface area contributed by atoms with Crippen molar-refractivity contribution in [3.63, 3.8) is 0 Å². The fourth-order valence-corrected chi connectivity index (χ4v) is 1.49. The van der Waals surface area contributed by atoms with E-state index in [2.05, 4.69) is 5.32 Å². The maximum Gasteiger partial charge on any atom is 0.340 e. The Labute approximate surface area is 104 Å². The summed E-state index contributed by atoms with van der Waals surface area (Å²) in [6.07, 6.45) is 1.98. The van der Waals surface area contributed by atoms with Crippen molar-refractivity contribution in [1.29, 1.82) is 0 Å². The third-order valence-corrected chi connectivity index (χ3v) is 3.73. The fraction of sp³-hybridized carbons (Fsp3) is 0.417. The van der Waals surface area contributed by atoms with E-state index < -0.39 is 11.8 Å². The van der Waals surface area contributed by atoms with Gasteiger partial charge in [0.05, 0.1) is 5.69 Å². The van der Waals surface area contributed by atoms with Crippen molar-refractivity contribution >= 4 is 23.4 Å². The topological polar surface area (TPSA) is 49.3 Å². The van der Waals surface area contributed by atoms with Gasteiger partial charge in [0.15, 0.2) is 0 Å². The summed E-state index contributed by atoms with van der Waals surface area (Å²) in [4.78, 5) is 11.0. The number of anilines is 1. The van der Waals surface area contributed by atoms with E-state index in [1.54, 1.807) is 17.8 Å². The second-order valence-corrected chi connectivity index (χ2v) is 5.80. The van der Waals surface area contributed by atoms with Crippen molar-refractivity contribution in [1.82, 2.24) is 0 Å². The highest BCUT2D eigenvalue weighted by Crippen LogP contribution is 2.24. The minimum absolute atomic E-state index is 0.0396. The lowest BCUT2D eigenvalue weighted by molar-refractivity contribution is 0.0693. The molecule has 94 valence electrons. The molecular weight excluding hydrogens is 241 g/mol. The zero-order valence-electron chi connectivity index (χ0n) is 10.1. The van der Waals surface area contributed by atoms with Crippen LogP contribution in [-0.2, 0) is 0 Å². The number of hydrogen-bond acceptors (Lipinski definition) is 3. The lowest BCUT2D eigenvalue weighted by atomic mass is 10.1. The lowest BCUT2D eigenvalue weighted by Crippen LogP contribution is -2.26. The number of carboxylic acid groups (broad SMARTS) is 1. The Morgan fingerprint density at radius 1 is 1.53 bits per heavy atom. The molecule has 1 aromatic rings. The van der Waals surface area contributed by atoms with Gasteiger partial charge in [0.2, 0.25) is 0 Å². The molecule has 0 aliphatic heterocycles. The maximum absolute atomic E-state index is 13.4. The van der Waals surface area contributed by atoms with E-state index in [1.807, 2.05) is 20.1 Å². The van der Waals surface area contributed by atoms with Gasteiger partial charge in [0.1, 0.15) is 11.4 Å². The number of thioether (sulfide) groups is 1. The Morgan fingerprint density at radius 2 is 2.18 bits per heavy atom. The Hall–Kier alpha value is -1.23. The molecule has 0 aliphatic rings. The van der Waals surface area contributed by atoms with Gasteiger partial charge in [-0.25, -0.2) is 9.18 Å². The summed E-state index contributed by atoms with van der Waals surface area (Å²) < 4.78 is 13.3. The van der Waals surface area contributed by atoms with Crippen LogP contribution in [0.2, 0.25) is 0 Å². The smallest absolute Gasteiger partial charge is 0.340 e. The van der Waals surface area contributed by atoms with E-state index in [0.29, 0.717) is 12.2 Å². The molecule has 0 fully saturated rings. The zero-order valence-corrected chi connectivity index (χ0v) is 10.9. The number of benzene rings is 1. The predicted molar refractivity (Wildman–Crippen MR) is 69.4 cm³/mol. The van der Waals surface area contributed by atoms with Gasteiger partial charge in [-0.2, -0.15) is 11.8 Å². The number of hydrogen-bond donors (Lipinski definition) is 2. The minimum atomic E-state index is -1.26. The lowest BCUT2D eigenvalue weighted by Gasteiger charge is -2.23. The highest BCUT2D eigenvalue weighted by molar-refractivity contribution is 7.99. The molecule has 0 bridgehead atoms. The first kappa shape index (κ1) is 13.8. The normalized spacial score (nSPS) is 11.3. The standard InChI is InChI=1S/C12H16FNO2S/c1-12(2,17-3)7-14-9-6-4-5-8(13)10(9)11(15)16/h4-6,14H,7H2,1-3H3,(H,15,16). The Balaban J connectivity index is 2.92. The molecule has 0 aromatic heterocycles. The van der Waals surface area contributed by atoms with Gasteiger partial charge < -0.3 is 10.4 Å². The van der Waals surface area contributed by atoms with Gasteiger partial charge in [0.25, 0.3) is 0 Å². The van der Waals surface area contributed by atoms with Gasteiger partial charge >= 0.3 is 5.97 Å². The number of carbonyl (C=O) groups is 1. The molecule has 0 aliphatic carbocycles. The monoisotopic (exact) mass is 257 g/mol. The first-order chi connectivity index (χ1) is 7.87. The first-order valence-corrected chi connectivity index (χ1v) is 6.40. The van der Waals surface area contributed by atoms with Crippen LogP contribution in [-0.4, -0.2) is 28.6 Å². The SMILES string of the molecule is CSC(C)(C)CNc1cccc(F)c1C(=O)O. The van der Waals surface area contributed by atoms with Gasteiger partial charge in [-0.15, -0.1) is 0 Å². The molecule has 2 N–H and O–H groups in total. The van der Waals surface area contributed by atoms with Gasteiger partial charge in [-0.1, -0.05) is 6.07 Å². The molecule has 1 rings (SSSR count). The van der Waals surface area contributed by atoms with Crippen molar-refractivity contribution < 1.29 is 14.3 Å². The van der Waals surface area contributed by atoms with Crippen LogP contribution in [0.1, 0.15) is 24.2 Å². The summed E-state index contributed by atoms with van der Waals surface area (Å²) in [6, 6.07) is 4.22. The summed E-state index contributed by atoms with van der Waals surface area (Å²) in [5.74, 6) is -1.97. The fourth-order valence-electron chi connectivity index (χ4n) is 1.27. The van der Waals surface area contributed by atoms with E-state index in [-0.39, 0.29) is 10.3 Å². The molecule has 0 radical (unpaired) electrons. The molecule has 17 heavy (non-hydrogen) atoms. The average Bonchev–Trinajstić information content (AvgIpc) is 2.26. The molecule has 0 amide bonds. The third kappa shape index (κ3) is 3.63. The summed E-state index contributed by atoms with van der Waals surface area (Å²) in [5, 5.41) is 11.9. The van der Waals surface area contributed by atoms with Crippen LogP contribution in [0.3, 0.4) is 0 Å². The molecule has 0 saturated carbocycles.